The molecule has 0 saturated heterocycles. The number of amides is 1. The van der Waals surface area contributed by atoms with Crippen molar-refractivity contribution in [1.82, 2.24) is 5.32 Å². The van der Waals surface area contributed by atoms with Crippen LogP contribution in [0.1, 0.15) is 32.8 Å². The molecule has 0 aliphatic heterocycles. The molecule has 1 N–H and O–H groups in total. The van der Waals surface area contributed by atoms with Crippen LogP contribution in [-0.4, -0.2) is 39.7 Å². The van der Waals surface area contributed by atoms with Gasteiger partial charge in [-0.3, -0.25) is 4.79 Å². The maximum atomic E-state index is 12.1. The standard InChI is InChI=1S/C21H31NO4Si/c1-21(2,3)27(5,6)14-10-13-18(20(24)25-4)22-19(23)16-26-15-17-11-8-7-9-12-17/h7-9,11-12,18H,13,15-16H2,1-6H3,(H,22,23)/t18-/m0/s1. The number of nitrogens with one attached hydrogen (secondary N) is 1. The molecule has 0 heterocycles. The Hall–Kier alpha value is -2.10. The second-order valence-corrected chi connectivity index (χ2v) is 13.0. The maximum absolute atomic E-state index is 12.1. The first-order valence-corrected chi connectivity index (χ1v) is 12.1. The number of carbonyl (C=O) groups is 2. The molecule has 0 saturated carbocycles. The Morgan fingerprint density at radius 3 is 2.37 bits per heavy atom. The molecule has 0 bridgehead atoms. The van der Waals surface area contributed by atoms with Gasteiger partial charge >= 0.3 is 5.97 Å². The van der Waals surface area contributed by atoms with Gasteiger partial charge in [-0.05, 0) is 10.6 Å². The first-order chi connectivity index (χ1) is 12.6. The number of rotatable bonds is 7. The van der Waals surface area contributed by atoms with E-state index in [1.807, 2.05) is 30.3 Å². The van der Waals surface area contributed by atoms with Crippen LogP contribution in [0.5, 0.6) is 0 Å². The quantitative estimate of drug-likeness (QED) is 0.441. The highest BCUT2D eigenvalue weighted by molar-refractivity contribution is 6.87. The average Bonchev–Trinajstić information content (AvgIpc) is 2.60. The van der Waals surface area contributed by atoms with Crippen molar-refractivity contribution < 1.29 is 19.1 Å². The molecule has 5 nitrogen and oxygen atoms in total. The van der Waals surface area contributed by atoms with Crippen molar-refractivity contribution in [3.63, 3.8) is 0 Å². The summed E-state index contributed by atoms with van der Waals surface area (Å²) >= 11 is 0. The zero-order valence-corrected chi connectivity index (χ0v) is 18.2. The second kappa shape index (κ2) is 10.3. The maximum Gasteiger partial charge on any atom is 0.329 e. The summed E-state index contributed by atoms with van der Waals surface area (Å²) in [4.78, 5) is 24.1. The highest BCUT2D eigenvalue weighted by atomic mass is 28.3. The lowest BCUT2D eigenvalue weighted by Gasteiger charge is -2.31. The minimum atomic E-state index is -1.77. The van der Waals surface area contributed by atoms with Crippen molar-refractivity contribution in [2.75, 3.05) is 13.7 Å². The normalized spacial score (nSPS) is 12.5. The van der Waals surface area contributed by atoms with Crippen LogP contribution in [0.25, 0.3) is 0 Å². The fourth-order valence-corrected chi connectivity index (χ4v) is 2.89. The van der Waals surface area contributed by atoms with Gasteiger partial charge < -0.3 is 14.8 Å². The van der Waals surface area contributed by atoms with Crippen LogP contribution in [-0.2, 0) is 25.7 Å². The Morgan fingerprint density at radius 2 is 1.81 bits per heavy atom. The molecule has 0 aromatic heterocycles. The van der Waals surface area contributed by atoms with E-state index in [0.717, 1.165) is 5.56 Å². The van der Waals surface area contributed by atoms with Crippen LogP contribution < -0.4 is 5.32 Å². The SMILES string of the molecule is COC(=O)[C@H](CC#C[Si](C)(C)C(C)(C)C)NC(=O)COCc1ccccc1. The summed E-state index contributed by atoms with van der Waals surface area (Å²) in [6, 6.07) is 8.79. The predicted octanol–water partition coefficient (Wildman–Crippen LogP) is 3.30. The Kier molecular flexibility index (Phi) is 8.74. The van der Waals surface area contributed by atoms with Gasteiger partial charge in [0.2, 0.25) is 5.91 Å². The molecule has 1 rings (SSSR count). The lowest BCUT2D eigenvalue weighted by molar-refractivity contribution is -0.145. The molecule has 1 atom stereocenters. The van der Waals surface area contributed by atoms with Gasteiger partial charge in [-0.2, -0.15) is 0 Å². The molecule has 0 unspecified atom stereocenters. The molecule has 1 amide bonds. The summed E-state index contributed by atoms with van der Waals surface area (Å²) in [5.74, 6) is 2.22. The number of hydrogen-bond donors (Lipinski definition) is 1. The van der Waals surface area contributed by atoms with E-state index in [4.69, 9.17) is 9.47 Å². The Morgan fingerprint density at radius 1 is 1.19 bits per heavy atom. The molecule has 1 aromatic carbocycles. The molecule has 6 heteroatoms. The van der Waals surface area contributed by atoms with Gasteiger partial charge in [-0.1, -0.05) is 64.2 Å². The third-order valence-electron chi connectivity index (χ3n) is 4.75. The van der Waals surface area contributed by atoms with E-state index >= 15 is 0 Å². The van der Waals surface area contributed by atoms with Crippen LogP contribution >= 0.6 is 0 Å². The Bertz CT molecular complexity index is 684. The highest BCUT2D eigenvalue weighted by Crippen LogP contribution is 2.35. The largest absolute Gasteiger partial charge is 0.467 e. The lowest BCUT2D eigenvalue weighted by Crippen LogP contribution is -2.43. The third-order valence-corrected chi connectivity index (χ3v) is 9.30. The van der Waals surface area contributed by atoms with Gasteiger partial charge in [0.05, 0.1) is 13.7 Å². The van der Waals surface area contributed by atoms with E-state index in [-0.39, 0.29) is 24.0 Å². The van der Waals surface area contributed by atoms with E-state index in [2.05, 4.69) is 50.6 Å². The van der Waals surface area contributed by atoms with E-state index in [0.29, 0.717) is 6.61 Å². The summed E-state index contributed by atoms with van der Waals surface area (Å²) in [6.45, 7) is 11.1. The van der Waals surface area contributed by atoms with Gasteiger partial charge in [0, 0.05) is 6.42 Å². The van der Waals surface area contributed by atoms with Crippen LogP contribution in [0, 0.1) is 11.5 Å². The van der Waals surface area contributed by atoms with Gasteiger partial charge in [0.1, 0.15) is 20.7 Å². The molecule has 0 radical (unpaired) electrons. The average molecular weight is 390 g/mol. The molecule has 0 aliphatic carbocycles. The fraction of sp³-hybridized carbons (Fsp3) is 0.524. The number of benzene rings is 1. The van der Waals surface area contributed by atoms with E-state index in [1.165, 1.54) is 7.11 Å². The minimum Gasteiger partial charge on any atom is -0.467 e. The number of esters is 1. The van der Waals surface area contributed by atoms with Crippen molar-refractivity contribution in [2.24, 2.45) is 0 Å². The van der Waals surface area contributed by atoms with Crippen LogP contribution in [0.2, 0.25) is 18.1 Å². The number of methoxy groups -OCH3 is 1. The summed E-state index contributed by atoms with van der Waals surface area (Å²) < 4.78 is 10.2. The topological polar surface area (TPSA) is 64.6 Å². The van der Waals surface area contributed by atoms with Crippen molar-refractivity contribution in [3.05, 3.63) is 35.9 Å². The third kappa shape index (κ3) is 7.98. The first-order valence-electron chi connectivity index (χ1n) is 9.05. The van der Waals surface area contributed by atoms with E-state index in [1.54, 1.807) is 0 Å². The minimum absolute atomic E-state index is 0.127. The smallest absolute Gasteiger partial charge is 0.329 e. The fourth-order valence-electron chi connectivity index (χ4n) is 1.97. The monoisotopic (exact) mass is 389 g/mol. The van der Waals surface area contributed by atoms with Crippen molar-refractivity contribution >= 4 is 20.0 Å². The number of ether oxygens (including phenoxy) is 2. The zero-order chi connectivity index (χ0) is 20.5. The molecule has 0 fully saturated rings. The molecule has 27 heavy (non-hydrogen) atoms. The molecule has 0 aliphatic rings. The summed E-state index contributed by atoms with van der Waals surface area (Å²) in [5.41, 5.74) is 4.33. The van der Waals surface area contributed by atoms with Crippen molar-refractivity contribution in [2.45, 2.75) is 58.0 Å². The van der Waals surface area contributed by atoms with Crippen LogP contribution in [0.4, 0.5) is 0 Å². The van der Waals surface area contributed by atoms with Crippen molar-refractivity contribution in [1.29, 1.82) is 0 Å². The Balaban J connectivity index is 2.59. The number of hydrogen-bond acceptors (Lipinski definition) is 4. The highest BCUT2D eigenvalue weighted by Gasteiger charge is 2.33. The second-order valence-electron chi connectivity index (χ2n) is 8.00. The molecule has 0 spiro atoms. The van der Waals surface area contributed by atoms with Crippen molar-refractivity contribution in [3.8, 4) is 11.5 Å². The van der Waals surface area contributed by atoms with Gasteiger partial charge in [-0.25, -0.2) is 4.79 Å². The predicted molar refractivity (Wildman–Crippen MR) is 110 cm³/mol. The van der Waals surface area contributed by atoms with E-state index < -0.39 is 20.1 Å². The molecular formula is C21H31NO4Si. The summed E-state index contributed by atoms with van der Waals surface area (Å²) in [6.07, 6.45) is 0.226. The zero-order valence-electron chi connectivity index (χ0n) is 17.2. The lowest BCUT2D eigenvalue weighted by atomic mass is 10.2. The van der Waals surface area contributed by atoms with Crippen LogP contribution in [0.3, 0.4) is 0 Å². The van der Waals surface area contributed by atoms with Gasteiger partial charge in [-0.15, -0.1) is 11.5 Å². The number of carbonyl (C=O) groups excluding carboxylic acids is 2. The Labute approximate surface area is 163 Å². The van der Waals surface area contributed by atoms with Crippen LogP contribution in [0.15, 0.2) is 30.3 Å². The first kappa shape index (κ1) is 22.9. The van der Waals surface area contributed by atoms with E-state index in [9.17, 15) is 9.59 Å². The molecule has 148 valence electrons. The van der Waals surface area contributed by atoms with Gasteiger partial charge in [0.25, 0.3) is 0 Å². The molecular weight excluding hydrogens is 358 g/mol. The summed E-state index contributed by atoms with van der Waals surface area (Å²) in [5, 5.41) is 2.79. The van der Waals surface area contributed by atoms with Gasteiger partial charge in [0.15, 0.2) is 0 Å². The summed E-state index contributed by atoms with van der Waals surface area (Å²) in [7, 11) is -0.465. The molecule has 1 aromatic rings.